The Bertz CT molecular complexity index is 2300. The van der Waals surface area contributed by atoms with E-state index in [9.17, 15) is 0 Å². The Morgan fingerprint density at radius 2 is 0.635 bits per heavy atom. The Balaban J connectivity index is 1.05. The molecular formula is C46H38N6. The highest BCUT2D eigenvalue weighted by Crippen LogP contribution is 2.28. The molecule has 6 heteroatoms. The Morgan fingerprint density at radius 1 is 0.346 bits per heavy atom. The first-order chi connectivity index (χ1) is 25.4. The maximum Gasteiger partial charge on any atom is 0.182 e. The van der Waals surface area contributed by atoms with Crippen molar-refractivity contribution in [2.45, 2.75) is 27.7 Å². The smallest absolute Gasteiger partial charge is 0.182 e. The van der Waals surface area contributed by atoms with Crippen molar-refractivity contribution in [1.29, 1.82) is 0 Å². The van der Waals surface area contributed by atoms with Crippen LogP contribution in [0.15, 0.2) is 146 Å². The van der Waals surface area contributed by atoms with Crippen LogP contribution >= 0.6 is 0 Å². The number of benzene rings is 6. The molecule has 0 N–H and O–H groups in total. The minimum Gasteiger partial charge on any atom is -0.213 e. The predicted molar refractivity (Wildman–Crippen MR) is 212 cm³/mol. The zero-order valence-corrected chi connectivity index (χ0v) is 29.7. The summed E-state index contributed by atoms with van der Waals surface area (Å²) in [5.74, 6) is 3.02. The van der Waals surface area contributed by atoms with Crippen molar-refractivity contribution in [1.82, 2.24) is 29.5 Å². The molecular weight excluding hydrogens is 637 g/mol. The Kier molecular flexibility index (Phi) is 8.71. The van der Waals surface area contributed by atoms with Gasteiger partial charge >= 0.3 is 0 Å². The third kappa shape index (κ3) is 6.87. The second kappa shape index (κ2) is 13.9. The molecule has 6 nitrogen and oxygen atoms in total. The summed E-state index contributed by atoms with van der Waals surface area (Å²) < 4.78 is 3.87. The summed E-state index contributed by atoms with van der Waals surface area (Å²) >= 11 is 0. The minimum atomic E-state index is 0.700. The lowest BCUT2D eigenvalue weighted by Crippen LogP contribution is -2.00. The Morgan fingerprint density at radius 3 is 0.942 bits per heavy atom. The molecule has 0 aliphatic carbocycles. The van der Waals surface area contributed by atoms with Gasteiger partial charge in [-0.1, -0.05) is 156 Å². The van der Waals surface area contributed by atoms with Crippen LogP contribution in [0.3, 0.4) is 0 Å². The highest BCUT2D eigenvalue weighted by molar-refractivity contribution is 5.72. The molecule has 8 rings (SSSR count). The van der Waals surface area contributed by atoms with Gasteiger partial charge in [0.05, 0.1) is 11.4 Å². The average Bonchev–Trinajstić information content (AvgIpc) is 3.82. The zero-order chi connectivity index (χ0) is 35.6. The van der Waals surface area contributed by atoms with Gasteiger partial charge in [0.15, 0.2) is 23.3 Å². The van der Waals surface area contributed by atoms with Gasteiger partial charge in [-0.3, -0.25) is 0 Å². The molecule has 0 spiro atoms. The average molecular weight is 675 g/mol. The summed E-state index contributed by atoms with van der Waals surface area (Å²) in [6, 6.07) is 50.4. The van der Waals surface area contributed by atoms with Crippen molar-refractivity contribution in [2.24, 2.45) is 0 Å². The van der Waals surface area contributed by atoms with E-state index >= 15 is 0 Å². The molecule has 52 heavy (non-hydrogen) atoms. The number of nitrogens with zero attached hydrogens (tertiary/aromatic N) is 6. The molecule has 0 bridgehead atoms. The van der Waals surface area contributed by atoms with E-state index in [1.165, 1.54) is 22.3 Å². The lowest BCUT2D eigenvalue weighted by molar-refractivity contribution is 0.890. The van der Waals surface area contributed by atoms with Gasteiger partial charge in [0, 0.05) is 22.3 Å². The van der Waals surface area contributed by atoms with Crippen LogP contribution in [0.1, 0.15) is 33.4 Å². The van der Waals surface area contributed by atoms with Crippen LogP contribution in [0.5, 0.6) is 0 Å². The van der Waals surface area contributed by atoms with E-state index in [-0.39, 0.29) is 0 Å². The summed E-state index contributed by atoms with van der Waals surface area (Å²) in [7, 11) is 0. The molecule has 0 saturated carbocycles. The highest BCUT2D eigenvalue weighted by Gasteiger charge is 2.17. The minimum absolute atomic E-state index is 0.700. The first-order valence-corrected chi connectivity index (χ1v) is 17.5. The van der Waals surface area contributed by atoms with Crippen LogP contribution in [0.4, 0.5) is 0 Å². The monoisotopic (exact) mass is 674 g/mol. The largest absolute Gasteiger partial charge is 0.213 e. The van der Waals surface area contributed by atoms with Gasteiger partial charge in [-0.05, 0) is 63.1 Å². The molecule has 8 aromatic rings. The van der Waals surface area contributed by atoms with E-state index in [2.05, 4.69) is 185 Å². The number of aromatic nitrogens is 6. The fourth-order valence-electron chi connectivity index (χ4n) is 6.06. The van der Waals surface area contributed by atoms with Crippen molar-refractivity contribution in [2.75, 3.05) is 0 Å². The fourth-order valence-corrected chi connectivity index (χ4v) is 6.06. The normalized spacial score (nSPS) is 11.4. The topological polar surface area (TPSA) is 61.4 Å². The van der Waals surface area contributed by atoms with Crippen LogP contribution in [-0.4, -0.2) is 29.5 Å². The lowest BCUT2D eigenvalue weighted by Gasteiger charge is -2.07. The van der Waals surface area contributed by atoms with E-state index in [0.29, 0.717) is 11.6 Å². The third-order valence-corrected chi connectivity index (χ3v) is 9.20. The molecule has 2 aromatic heterocycles. The standard InChI is InChI=1S/C46H38N6/c1-31-5-19-37(20-6-31)43-47-45(39-23-9-33(3)10-24-39)51(49-43)41-27-15-35(16-28-41)13-14-36-17-29-42(30-18-36)52-46(40-25-11-34(4)12-26-40)48-44(50-52)38-21-7-32(2)8-22-38/h5-30H,1-4H3/b14-13+. The molecule has 6 aromatic carbocycles. The SMILES string of the molecule is Cc1ccc(-c2nc(-c3ccc(C)cc3)n(-c3ccc(/C=C/c4ccc(-n5nc(-c6ccc(C)cc6)nc5-c5ccc(C)cc5)cc4)cc3)n2)cc1. The second-order valence-electron chi connectivity index (χ2n) is 13.3. The van der Waals surface area contributed by atoms with Gasteiger partial charge in [0.2, 0.25) is 0 Å². The molecule has 0 aliphatic heterocycles. The van der Waals surface area contributed by atoms with Crippen molar-refractivity contribution >= 4 is 12.2 Å². The number of rotatable bonds is 8. The first-order valence-electron chi connectivity index (χ1n) is 17.5. The van der Waals surface area contributed by atoms with Gasteiger partial charge in [0.25, 0.3) is 0 Å². The van der Waals surface area contributed by atoms with E-state index in [0.717, 1.165) is 56.4 Å². The first kappa shape index (κ1) is 32.5. The summed E-state index contributed by atoms with van der Waals surface area (Å²) in [5.41, 5.74) is 12.9. The molecule has 0 amide bonds. The van der Waals surface area contributed by atoms with Crippen LogP contribution < -0.4 is 0 Å². The molecule has 2 heterocycles. The number of hydrogen-bond donors (Lipinski definition) is 0. The predicted octanol–water partition coefficient (Wildman–Crippen LogP) is 10.9. The lowest BCUT2D eigenvalue weighted by atomic mass is 10.1. The summed E-state index contributed by atoms with van der Waals surface area (Å²) in [4.78, 5) is 9.97. The third-order valence-electron chi connectivity index (χ3n) is 9.20. The quantitative estimate of drug-likeness (QED) is 0.151. The number of hydrogen-bond acceptors (Lipinski definition) is 4. The van der Waals surface area contributed by atoms with Crippen molar-refractivity contribution in [3.8, 4) is 56.9 Å². The second-order valence-corrected chi connectivity index (χ2v) is 13.3. The van der Waals surface area contributed by atoms with Gasteiger partial charge in [0.1, 0.15) is 0 Å². The van der Waals surface area contributed by atoms with Crippen LogP contribution in [-0.2, 0) is 0 Å². The van der Waals surface area contributed by atoms with Crippen LogP contribution in [0.25, 0.3) is 69.1 Å². The van der Waals surface area contributed by atoms with E-state index in [1.54, 1.807) is 0 Å². The molecule has 0 aliphatic rings. The van der Waals surface area contributed by atoms with E-state index in [1.807, 2.05) is 9.36 Å². The highest BCUT2D eigenvalue weighted by atomic mass is 15.4. The molecule has 0 fully saturated rings. The van der Waals surface area contributed by atoms with Crippen molar-refractivity contribution in [3.63, 3.8) is 0 Å². The molecule has 0 unspecified atom stereocenters. The molecule has 0 radical (unpaired) electrons. The van der Waals surface area contributed by atoms with Gasteiger partial charge in [-0.2, -0.15) is 0 Å². The zero-order valence-electron chi connectivity index (χ0n) is 29.7. The molecule has 0 atom stereocenters. The van der Waals surface area contributed by atoms with Crippen LogP contribution in [0, 0.1) is 27.7 Å². The van der Waals surface area contributed by atoms with Crippen LogP contribution in [0.2, 0.25) is 0 Å². The Hall–Kier alpha value is -6.66. The summed E-state index contributed by atoms with van der Waals surface area (Å²) in [6.45, 7) is 8.35. The fraction of sp³-hybridized carbons (Fsp3) is 0.0870. The van der Waals surface area contributed by atoms with Crippen molar-refractivity contribution in [3.05, 3.63) is 179 Å². The van der Waals surface area contributed by atoms with Gasteiger partial charge in [-0.15, -0.1) is 10.2 Å². The molecule has 252 valence electrons. The summed E-state index contributed by atoms with van der Waals surface area (Å²) in [6.07, 6.45) is 4.25. The van der Waals surface area contributed by atoms with E-state index < -0.39 is 0 Å². The van der Waals surface area contributed by atoms with Crippen molar-refractivity contribution < 1.29 is 0 Å². The summed E-state index contributed by atoms with van der Waals surface area (Å²) in [5, 5.41) is 9.93. The maximum absolute atomic E-state index is 4.99. The van der Waals surface area contributed by atoms with E-state index in [4.69, 9.17) is 20.2 Å². The number of aryl methyl sites for hydroxylation is 4. The van der Waals surface area contributed by atoms with Gasteiger partial charge < -0.3 is 0 Å². The maximum atomic E-state index is 4.99. The van der Waals surface area contributed by atoms with Gasteiger partial charge in [-0.25, -0.2) is 19.3 Å². The molecule has 0 saturated heterocycles. The Labute approximate surface area is 304 Å².